The van der Waals surface area contributed by atoms with Crippen LogP contribution < -0.4 is 10.5 Å². The summed E-state index contributed by atoms with van der Waals surface area (Å²) in [7, 11) is 0. The number of ether oxygens (including phenoxy) is 1. The number of pyridine rings is 1. The van der Waals surface area contributed by atoms with E-state index in [1.807, 2.05) is 0 Å². The van der Waals surface area contributed by atoms with Gasteiger partial charge in [0.05, 0.1) is 0 Å². The highest BCUT2D eigenvalue weighted by molar-refractivity contribution is 5.27. The largest absolute Gasteiger partial charge is 0.481 e. The van der Waals surface area contributed by atoms with Crippen LogP contribution >= 0.6 is 0 Å². The van der Waals surface area contributed by atoms with Gasteiger partial charge in [0.15, 0.2) is 11.6 Å². The summed E-state index contributed by atoms with van der Waals surface area (Å²) in [6, 6.07) is 6.31. The van der Waals surface area contributed by atoms with Gasteiger partial charge in [-0.05, 0) is 36.8 Å². The summed E-state index contributed by atoms with van der Waals surface area (Å²) in [6.07, 6.45) is 2.69. The first-order valence-corrected chi connectivity index (χ1v) is 5.85. The zero-order valence-electron chi connectivity index (χ0n) is 10.4. The molecule has 1 aromatic carbocycles. The van der Waals surface area contributed by atoms with Gasteiger partial charge in [-0.2, -0.15) is 0 Å². The molecule has 0 fully saturated rings. The minimum Gasteiger partial charge on any atom is -0.481 e. The van der Waals surface area contributed by atoms with E-state index in [-0.39, 0.29) is 11.8 Å². The molecule has 3 nitrogen and oxygen atoms in total. The number of aromatic nitrogens is 1. The third-order valence-corrected chi connectivity index (χ3v) is 2.66. The molecule has 0 aliphatic heterocycles. The Morgan fingerprint density at radius 3 is 2.42 bits per heavy atom. The van der Waals surface area contributed by atoms with Crippen molar-refractivity contribution in [1.82, 2.24) is 4.98 Å². The highest BCUT2D eigenvalue weighted by Gasteiger charge is 2.19. The second-order valence-electron chi connectivity index (χ2n) is 4.25. The van der Waals surface area contributed by atoms with Gasteiger partial charge in [0.1, 0.15) is 11.9 Å². The average molecular weight is 264 g/mol. The summed E-state index contributed by atoms with van der Waals surface area (Å²) in [5.41, 5.74) is 6.64. The molecule has 0 bridgehead atoms. The SMILES string of the molecule is CC(N)C(Oc1ccc(F)cc1F)c1ccncc1. The van der Waals surface area contributed by atoms with Crippen molar-refractivity contribution in [1.29, 1.82) is 0 Å². The first-order valence-electron chi connectivity index (χ1n) is 5.85. The smallest absolute Gasteiger partial charge is 0.168 e. The fourth-order valence-corrected chi connectivity index (χ4v) is 1.74. The van der Waals surface area contributed by atoms with E-state index in [1.54, 1.807) is 31.5 Å². The van der Waals surface area contributed by atoms with Gasteiger partial charge in [-0.3, -0.25) is 4.98 Å². The average Bonchev–Trinajstić information content (AvgIpc) is 2.38. The molecule has 100 valence electrons. The van der Waals surface area contributed by atoms with Crippen LogP contribution in [-0.4, -0.2) is 11.0 Å². The van der Waals surface area contributed by atoms with Crippen molar-refractivity contribution in [3.8, 4) is 5.75 Å². The summed E-state index contributed by atoms with van der Waals surface area (Å²) in [4.78, 5) is 3.90. The minimum absolute atomic E-state index is 0.0273. The van der Waals surface area contributed by atoms with Crippen LogP contribution in [0.3, 0.4) is 0 Å². The monoisotopic (exact) mass is 264 g/mol. The Kier molecular flexibility index (Phi) is 4.06. The molecule has 2 N–H and O–H groups in total. The molecule has 0 saturated heterocycles. The normalized spacial score (nSPS) is 13.9. The molecule has 1 aromatic heterocycles. The quantitative estimate of drug-likeness (QED) is 0.923. The molecular weight excluding hydrogens is 250 g/mol. The maximum atomic E-state index is 13.6. The van der Waals surface area contributed by atoms with E-state index in [0.29, 0.717) is 0 Å². The molecule has 0 aliphatic rings. The van der Waals surface area contributed by atoms with E-state index in [4.69, 9.17) is 10.5 Å². The molecule has 19 heavy (non-hydrogen) atoms. The van der Waals surface area contributed by atoms with Crippen LogP contribution in [0.1, 0.15) is 18.6 Å². The summed E-state index contributed by atoms with van der Waals surface area (Å²) in [5, 5.41) is 0. The van der Waals surface area contributed by atoms with E-state index >= 15 is 0 Å². The zero-order valence-corrected chi connectivity index (χ0v) is 10.4. The number of nitrogens with two attached hydrogens (primary N) is 1. The van der Waals surface area contributed by atoms with Crippen molar-refractivity contribution in [3.63, 3.8) is 0 Å². The molecule has 0 saturated carbocycles. The molecule has 5 heteroatoms. The fourth-order valence-electron chi connectivity index (χ4n) is 1.74. The molecule has 0 radical (unpaired) electrons. The zero-order chi connectivity index (χ0) is 13.8. The van der Waals surface area contributed by atoms with E-state index in [2.05, 4.69) is 4.98 Å². The predicted octanol–water partition coefficient (Wildman–Crippen LogP) is 2.83. The molecule has 2 aromatic rings. The molecule has 2 unspecified atom stereocenters. The lowest BCUT2D eigenvalue weighted by molar-refractivity contribution is 0.172. The second-order valence-corrected chi connectivity index (χ2v) is 4.25. The van der Waals surface area contributed by atoms with Crippen LogP contribution in [0.25, 0.3) is 0 Å². The lowest BCUT2D eigenvalue weighted by Crippen LogP contribution is -2.29. The van der Waals surface area contributed by atoms with Crippen LogP contribution in [0.5, 0.6) is 5.75 Å². The highest BCUT2D eigenvalue weighted by atomic mass is 19.1. The molecule has 0 aliphatic carbocycles. The van der Waals surface area contributed by atoms with Gasteiger partial charge in [-0.1, -0.05) is 0 Å². The molecular formula is C14H14F2N2O. The van der Waals surface area contributed by atoms with Gasteiger partial charge >= 0.3 is 0 Å². The fraction of sp³-hybridized carbons (Fsp3) is 0.214. The Balaban J connectivity index is 2.27. The Hall–Kier alpha value is -2.01. The van der Waals surface area contributed by atoms with Gasteiger partial charge in [-0.15, -0.1) is 0 Å². The first kappa shape index (κ1) is 13.4. The van der Waals surface area contributed by atoms with Crippen molar-refractivity contribution in [2.45, 2.75) is 19.1 Å². The highest BCUT2D eigenvalue weighted by Crippen LogP contribution is 2.26. The van der Waals surface area contributed by atoms with E-state index in [9.17, 15) is 8.78 Å². The number of benzene rings is 1. The topological polar surface area (TPSA) is 48.1 Å². The van der Waals surface area contributed by atoms with Gasteiger partial charge < -0.3 is 10.5 Å². The van der Waals surface area contributed by atoms with Crippen molar-refractivity contribution in [2.24, 2.45) is 5.73 Å². The summed E-state index contributed by atoms with van der Waals surface area (Å²) in [6.45, 7) is 1.76. The lowest BCUT2D eigenvalue weighted by atomic mass is 10.1. The third kappa shape index (κ3) is 3.26. The van der Waals surface area contributed by atoms with Crippen LogP contribution in [0.4, 0.5) is 8.78 Å². The summed E-state index contributed by atoms with van der Waals surface area (Å²) in [5.74, 6) is -1.42. The number of hydrogen-bond donors (Lipinski definition) is 1. The summed E-state index contributed by atoms with van der Waals surface area (Å²) >= 11 is 0. The lowest BCUT2D eigenvalue weighted by Gasteiger charge is -2.23. The van der Waals surface area contributed by atoms with Crippen LogP contribution in [0.2, 0.25) is 0 Å². The number of hydrogen-bond acceptors (Lipinski definition) is 3. The maximum absolute atomic E-state index is 13.6. The minimum atomic E-state index is -0.750. The molecule has 1 heterocycles. The molecule has 2 atom stereocenters. The number of nitrogens with zero attached hydrogens (tertiary/aromatic N) is 1. The Labute approximate surface area is 110 Å². The van der Waals surface area contributed by atoms with Crippen molar-refractivity contribution >= 4 is 0 Å². The van der Waals surface area contributed by atoms with Crippen LogP contribution in [0, 0.1) is 11.6 Å². The standard InChI is InChI=1S/C14H14F2N2O/c1-9(17)14(10-4-6-18-7-5-10)19-13-3-2-11(15)8-12(13)16/h2-9,14H,17H2,1H3. The van der Waals surface area contributed by atoms with Crippen LogP contribution in [0.15, 0.2) is 42.7 Å². The maximum Gasteiger partial charge on any atom is 0.168 e. The Morgan fingerprint density at radius 2 is 1.84 bits per heavy atom. The number of rotatable bonds is 4. The number of halogens is 2. The summed E-state index contributed by atoms with van der Waals surface area (Å²) < 4.78 is 32.0. The van der Waals surface area contributed by atoms with Crippen LogP contribution in [-0.2, 0) is 0 Å². The van der Waals surface area contributed by atoms with Crippen molar-refractivity contribution in [3.05, 3.63) is 59.9 Å². The second kappa shape index (κ2) is 5.75. The van der Waals surface area contributed by atoms with Crippen molar-refractivity contribution in [2.75, 3.05) is 0 Å². The van der Waals surface area contributed by atoms with Gasteiger partial charge in [-0.25, -0.2) is 8.78 Å². The molecule has 0 amide bonds. The molecule has 2 rings (SSSR count). The molecule has 0 spiro atoms. The van der Waals surface area contributed by atoms with E-state index in [1.165, 1.54) is 6.07 Å². The Bertz CT molecular complexity index is 546. The van der Waals surface area contributed by atoms with Crippen molar-refractivity contribution < 1.29 is 13.5 Å². The first-order chi connectivity index (χ1) is 9.08. The third-order valence-electron chi connectivity index (χ3n) is 2.66. The van der Waals surface area contributed by atoms with E-state index < -0.39 is 17.7 Å². The van der Waals surface area contributed by atoms with Gasteiger partial charge in [0.2, 0.25) is 0 Å². The van der Waals surface area contributed by atoms with Gasteiger partial charge in [0, 0.05) is 24.5 Å². The van der Waals surface area contributed by atoms with Gasteiger partial charge in [0.25, 0.3) is 0 Å². The van der Waals surface area contributed by atoms with E-state index in [0.717, 1.165) is 17.7 Å². The predicted molar refractivity (Wildman–Crippen MR) is 67.6 cm³/mol. The Morgan fingerprint density at radius 1 is 1.16 bits per heavy atom.